The number of nitrogens with zero attached hydrogens (tertiary/aromatic N) is 1. The van der Waals surface area contributed by atoms with E-state index in [1.807, 2.05) is 6.20 Å². The number of hydrogen-bond donors (Lipinski definition) is 0. The smallest absolute Gasteiger partial charge is 0.132 e. The number of pyridine rings is 1. The number of aryl methyl sites for hydroxylation is 2. The molecule has 1 aliphatic rings. The van der Waals surface area contributed by atoms with Gasteiger partial charge in [-0.15, -0.1) is 0 Å². The summed E-state index contributed by atoms with van der Waals surface area (Å²) in [5, 5.41) is 0. The van der Waals surface area contributed by atoms with Gasteiger partial charge in [-0.1, -0.05) is 6.92 Å². The van der Waals surface area contributed by atoms with Crippen LogP contribution in [-0.4, -0.2) is 15.3 Å². The van der Waals surface area contributed by atoms with Crippen LogP contribution in [0, 0.1) is 0 Å². The second kappa shape index (κ2) is 3.68. The molecule has 1 atom stereocenters. The molecule has 0 spiro atoms. The highest BCUT2D eigenvalue weighted by atomic mass is 32.2. The van der Waals surface area contributed by atoms with Gasteiger partial charge in [-0.05, 0) is 29.2 Å². The highest BCUT2D eigenvalue weighted by Gasteiger charge is 2.18. The van der Waals surface area contributed by atoms with Crippen molar-refractivity contribution in [1.29, 1.82) is 0 Å². The van der Waals surface area contributed by atoms with E-state index in [0.717, 1.165) is 24.3 Å². The van der Waals surface area contributed by atoms with E-state index >= 15 is 0 Å². The summed E-state index contributed by atoms with van der Waals surface area (Å²) in [6.45, 7) is 2.11. The van der Waals surface area contributed by atoms with Crippen LogP contribution < -0.4 is 0 Å². The van der Waals surface area contributed by atoms with Gasteiger partial charge in [-0.2, -0.15) is 0 Å². The topological polar surface area (TPSA) is 36.0 Å². The Hall–Kier alpha value is -0.540. The third-order valence-electron chi connectivity index (χ3n) is 2.42. The van der Waals surface area contributed by atoms with Gasteiger partial charge in [0.25, 0.3) is 0 Å². The molecule has 3 heteroatoms. The monoisotopic (exact) mass is 195 g/mol. The van der Waals surface area contributed by atoms with Crippen LogP contribution in [0.2, 0.25) is 0 Å². The standard InChI is InChI=1S/C10H13NOS/c1-2-10-5-8-3-4-13(12)7-9(8)6-11-10/h5-6H,2-4,7H2,1H3. The van der Waals surface area contributed by atoms with Crippen molar-refractivity contribution in [2.75, 3.05) is 5.75 Å². The van der Waals surface area contributed by atoms with Gasteiger partial charge in [0.05, 0.1) is 0 Å². The Balaban J connectivity index is 2.31. The lowest BCUT2D eigenvalue weighted by Crippen LogP contribution is -2.19. The molecule has 1 unspecified atom stereocenters. The van der Waals surface area contributed by atoms with E-state index in [-0.39, 0.29) is 0 Å². The predicted molar refractivity (Wildman–Crippen MR) is 54.0 cm³/mol. The fourth-order valence-electron chi connectivity index (χ4n) is 1.60. The molecule has 2 rings (SSSR count). The summed E-state index contributed by atoms with van der Waals surface area (Å²) < 4.78 is 11.3. The minimum Gasteiger partial charge on any atom is -0.616 e. The molecule has 1 aromatic heterocycles. The summed E-state index contributed by atoms with van der Waals surface area (Å²) in [5.41, 5.74) is 3.68. The quantitative estimate of drug-likeness (QED) is 0.636. The molecule has 0 fully saturated rings. The minimum atomic E-state index is -0.650. The van der Waals surface area contributed by atoms with Crippen LogP contribution in [0.1, 0.15) is 23.7 Å². The molecule has 0 saturated carbocycles. The molecular weight excluding hydrogens is 182 g/mol. The molecule has 1 aromatic rings. The van der Waals surface area contributed by atoms with Gasteiger partial charge < -0.3 is 4.55 Å². The second-order valence-electron chi connectivity index (χ2n) is 3.34. The van der Waals surface area contributed by atoms with E-state index in [1.165, 1.54) is 11.1 Å². The van der Waals surface area contributed by atoms with E-state index in [9.17, 15) is 4.55 Å². The summed E-state index contributed by atoms with van der Waals surface area (Å²) >= 11 is -0.650. The molecule has 0 bridgehead atoms. The van der Waals surface area contributed by atoms with Crippen LogP contribution >= 0.6 is 0 Å². The number of aromatic nitrogens is 1. The molecule has 2 heterocycles. The molecular formula is C10H13NOS. The van der Waals surface area contributed by atoms with Crippen LogP contribution in [0.25, 0.3) is 0 Å². The summed E-state index contributed by atoms with van der Waals surface area (Å²) in [6, 6.07) is 2.16. The molecule has 0 radical (unpaired) electrons. The maximum absolute atomic E-state index is 11.3. The van der Waals surface area contributed by atoms with Gasteiger partial charge in [0.1, 0.15) is 11.5 Å². The van der Waals surface area contributed by atoms with Crippen LogP contribution in [-0.2, 0) is 29.8 Å². The van der Waals surface area contributed by atoms with Gasteiger partial charge in [0.15, 0.2) is 0 Å². The van der Waals surface area contributed by atoms with Crippen molar-refractivity contribution in [3.63, 3.8) is 0 Å². The Morgan fingerprint density at radius 3 is 3.15 bits per heavy atom. The molecule has 1 aliphatic heterocycles. The number of fused-ring (bicyclic) bond motifs is 1. The first-order valence-electron chi connectivity index (χ1n) is 4.61. The largest absolute Gasteiger partial charge is 0.616 e. The van der Waals surface area contributed by atoms with Gasteiger partial charge in [0, 0.05) is 23.9 Å². The van der Waals surface area contributed by atoms with Crippen molar-refractivity contribution < 1.29 is 4.55 Å². The molecule has 0 amide bonds. The first kappa shape index (κ1) is 9.03. The van der Waals surface area contributed by atoms with Crippen LogP contribution in [0.15, 0.2) is 12.3 Å². The molecule has 13 heavy (non-hydrogen) atoms. The van der Waals surface area contributed by atoms with E-state index in [1.54, 1.807) is 0 Å². The lowest BCUT2D eigenvalue weighted by atomic mass is 10.1. The zero-order chi connectivity index (χ0) is 9.26. The molecule has 70 valence electrons. The normalized spacial score (nSPS) is 21.2. The number of rotatable bonds is 1. The minimum absolute atomic E-state index is 0.650. The zero-order valence-electron chi connectivity index (χ0n) is 7.75. The number of hydrogen-bond acceptors (Lipinski definition) is 2. The average molecular weight is 195 g/mol. The van der Waals surface area contributed by atoms with Crippen molar-refractivity contribution in [1.82, 2.24) is 4.98 Å². The maximum Gasteiger partial charge on any atom is 0.132 e. The Kier molecular flexibility index (Phi) is 2.56. The Bertz CT molecular complexity index is 314. The fourth-order valence-corrected chi connectivity index (χ4v) is 2.80. The van der Waals surface area contributed by atoms with Gasteiger partial charge in [0.2, 0.25) is 0 Å². The summed E-state index contributed by atoms with van der Waals surface area (Å²) in [4.78, 5) is 4.31. The Morgan fingerprint density at radius 2 is 2.38 bits per heavy atom. The zero-order valence-corrected chi connectivity index (χ0v) is 8.56. The first-order valence-corrected chi connectivity index (χ1v) is 6.10. The van der Waals surface area contributed by atoms with Crippen molar-refractivity contribution in [2.24, 2.45) is 0 Å². The van der Waals surface area contributed by atoms with Crippen molar-refractivity contribution >= 4 is 11.2 Å². The highest BCUT2D eigenvalue weighted by molar-refractivity contribution is 7.90. The second-order valence-corrected chi connectivity index (χ2v) is 4.91. The van der Waals surface area contributed by atoms with Crippen LogP contribution in [0.5, 0.6) is 0 Å². The molecule has 2 nitrogen and oxygen atoms in total. The van der Waals surface area contributed by atoms with E-state index in [4.69, 9.17) is 0 Å². The van der Waals surface area contributed by atoms with E-state index in [0.29, 0.717) is 5.75 Å². The highest BCUT2D eigenvalue weighted by Crippen LogP contribution is 2.20. The first-order chi connectivity index (χ1) is 6.29. The van der Waals surface area contributed by atoms with Gasteiger partial charge in [-0.3, -0.25) is 4.98 Å². The van der Waals surface area contributed by atoms with Crippen molar-refractivity contribution in [3.05, 3.63) is 29.1 Å². The lowest BCUT2D eigenvalue weighted by Gasteiger charge is -2.19. The van der Waals surface area contributed by atoms with Crippen molar-refractivity contribution in [3.8, 4) is 0 Å². The Labute approximate surface area is 81.6 Å². The van der Waals surface area contributed by atoms with Crippen molar-refractivity contribution in [2.45, 2.75) is 25.5 Å². The molecule has 0 N–H and O–H groups in total. The van der Waals surface area contributed by atoms with Gasteiger partial charge in [-0.25, -0.2) is 0 Å². The third kappa shape index (κ3) is 1.86. The fraction of sp³-hybridized carbons (Fsp3) is 0.500. The molecule has 0 saturated heterocycles. The molecule has 0 aromatic carbocycles. The maximum atomic E-state index is 11.3. The average Bonchev–Trinajstić information content (AvgIpc) is 2.17. The van der Waals surface area contributed by atoms with E-state index < -0.39 is 11.2 Å². The SMILES string of the molecule is CCc1cc2c(cn1)C[S+]([O-])CC2. The summed E-state index contributed by atoms with van der Waals surface area (Å²) in [6.07, 6.45) is 3.83. The lowest BCUT2D eigenvalue weighted by molar-refractivity contribution is 0.590. The van der Waals surface area contributed by atoms with Crippen LogP contribution in [0.3, 0.4) is 0 Å². The molecule has 0 aliphatic carbocycles. The van der Waals surface area contributed by atoms with E-state index in [2.05, 4.69) is 18.0 Å². The summed E-state index contributed by atoms with van der Waals surface area (Å²) in [7, 11) is 0. The van der Waals surface area contributed by atoms with Gasteiger partial charge >= 0.3 is 0 Å². The predicted octanol–water partition coefficient (Wildman–Crippen LogP) is 1.45. The Morgan fingerprint density at radius 1 is 1.54 bits per heavy atom. The van der Waals surface area contributed by atoms with Crippen LogP contribution in [0.4, 0.5) is 0 Å². The summed E-state index contributed by atoms with van der Waals surface area (Å²) in [5.74, 6) is 1.52. The third-order valence-corrected chi connectivity index (χ3v) is 3.71.